The molecule has 1 aliphatic rings. The van der Waals surface area contributed by atoms with Crippen molar-refractivity contribution in [3.63, 3.8) is 0 Å². The second-order valence-electron chi connectivity index (χ2n) is 8.29. The number of nitrogens with one attached hydrogen (secondary N) is 2. The number of imide groups is 1. The van der Waals surface area contributed by atoms with Crippen LogP contribution in [0.15, 0.2) is 68.7 Å². The highest BCUT2D eigenvalue weighted by Gasteiger charge is 2.39. The highest BCUT2D eigenvalue weighted by Crippen LogP contribution is 2.31. The number of rotatable bonds is 9. The molecule has 3 aromatic rings. The number of hydrogen-bond acceptors (Lipinski definition) is 9. The van der Waals surface area contributed by atoms with Crippen LogP contribution >= 0.6 is 11.6 Å². The number of anilines is 3. The van der Waals surface area contributed by atoms with E-state index in [-0.39, 0.29) is 39.4 Å². The number of sulfonamides is 1. The van der Waals surface area contributed by atoms with Gasteiger partial charge in [0.2, 0.25) is 5.88 Å². The molecule has 38 heavy (non-hydrogen) atoms. The van der Waals surface area contributed by atoms with Gasteiger partial charge in [-0.1, -0.05) is 23.7 Å². The van der Waals surface area contributed by atoms with Gasteiger partial charge in [-0.05, 0) is 68.8 Å². The van der Waals surface area contributed by atoms with Gasteiger partial charge in [-0.2, -0.15) is 0 Å². The van der Waals surface area contributed by atoms with E-state index in [1.807, 2.05) is 6.92 Å². The Bertz CT molecular complexity index is 1550. The summed E-state index contributed by atoms with van der Waals surface area (Å²) in [7, 11) is -3.97. The van der Waals surface area contributed by atoms with Gasteiger partial charge in [0, 0.05) is 11.3 Å². The minimum absolute atomic E-state index is 0.0164. The molecule has 1 aliphatic heterocycles. The Hall–Kier alpha value is -4.16. The van der Waals surface area contributed by atoms with Gasteiger partial charge in [-0.25, -0.2) is 22.8 Å². The summed E-state index contributed by atoms with van der Waals surface area (Å²) in [5.41, 5.74) is 1.76. The molecule has 0 spiro atoms. The van der Waals surface area contributed by atoms with Gasteiger partial charge < -0.3 is 14.6 Å². The predicted molar refractivity (Wildman–Crippen MR) is 139 cm³/mol. The van der Waals surface area contributed by atoms with Gasteiger partial charge in [0.25, 0.3) is 21.8 Å². The van der Waals surface area contributed by atoms with Gasteiger partial charge in [-0.15, -0.1) is 0 Å². The Morgan fingerprint density at radius 2 is 1.71 bits per heavy atom. The average Bonchev–Trinajstić information content (AvgIpc) is 3.32. The number of halogens is 1. The quantitative estimate of drug-likeness (QED) is 0.292. The Labute approximate surface area is 223 Å². The Morgan fingerprint density at radius 3 is 2.29 bits per heavy atom. The molecule has 0 fully saturated rings. The number of nitrogens with zero attached hydrogens (tertiary/aromatic N) is 2. The van der Waals surface area contributed by atoms with E-state index in [0.717, 1.165) is 4.90 Å². The molecule has 0 bridgehead atoms. The van der Waals surface area contributed by atoms with Crippen molar-refractivity contribution in [2.45, 2.75) is 32.1 Å². The maximum Gasteiger partial charge on any atom is 0.338 e. The first kappa shape index (κ1) is 26.9. The van der Waals surface area contributed by atoms with Crippen LogP contribution in [0.1, 0.15) is 35.0 Å². The molecule has 11 nitrogen and oxygen atoms in total. The fraction of sp³-hybridized carbons (Fsp3) is 0.200. The predicted octanol–water partition coefficient (Wildman–Crippen LogP) is 4.09. The zero-order valence-corrected chi connectivity index (χ0v) is 22.1. The van der Waals surface area contributed by atoms with E-state index in [1.54, 1.807) is 13.8 Å². The zero-order chi connectivity index (χ0) is 27.6. The smallest absolute Gasteiger partial charge is 0.338 e. The van der Waals surface area contributed by atoms with Crippen molar-refractivity contribution in [2.24, 2.45) is 0 Å². The minimum atomic E-state index is -3.97. The largest absolute Gasteiger partial charge is 0.462 e. The van der Waals surface area contributed by atoms with Crippen molar-refractivity contribution >= 4 is 56.7 Å². The van der Waals surface area contributed by atoms with Crippen molar-refractivity contribution in [3.8, 4) is 0 Å². The molecule has 4 rings (SSSR count). The lowest BCUT2D eigenvalue weighted by Crippen LogP contribution is -2.32. The third kappa shape index (κ3) is 5.27. The van der Waals surface area contributed by atoms with Crippen molar-refractivity contribution < 1.29 is 32.1 Å². The molecular weight excluding hydrogens is 536 g/mol. The summed E-state index contributed by atoms with van der Waals surface area (Å²) in [5, 5.41) is 6.17. The molecule has 0 radical (unpaired) electrons. The van der Waals surface area contributed by atoms with Gasteiger partial charge in [0.1, 0.15) is 10.7 Å². The second kappa shape index (κ2) is 10.7. The number of amides is 2. The van der Waals surface area contributed by atoms with Crippen molar-refractivity contribution in [3.05, 3.63) is 76.1 Å². The van der Waals surface area contributed by atoms with Crippen LogP contribution in [0.2, 0.25) is 0 Å². The van der Waals surface area contributed by atoms with Crippen LogP contribution in [0.4, 0.5) is 17.3 Å². The van der Waals surface area contributed by atoms with Crippen LogP contribution in [-0.4, -0.2) is 38.0 Å². The summed E-state index contributed by atoms with van der Waals surface area (Å²) < 4.78 is 37.8. The molecule has 0 saturated carbocycles. The topological polar surface area (TPSA) is 148 Å². The van der Waals surface area contributed by atoms with Crippen LogP contribution in [0.25, 0.3) is 0 Å². The van der Waals surface area contributed by atoms with E-state index in [1.165, 1.54) is 48.5 Å². The summed E-state index contributed by atoms with van der Waals surface area (Å²) in [6.07, 6.45) is 0.679. The second-order valence-corrected chi connectivity index (χ2v) is 10.4. The molecule has 1 aromatic heterocycles. The number of esters is 1. The molecule has 0 atom stereocenters. The molecule has 13 heteroatoms. The first-order valence-electron chi connectivity index (χ1n) is 11.4. The van der Waals surface area contributed by atoms with E-state index in [4.69, 9.17) is 20.9 Å². The van der Waals surface area contributed by atoms with Crippen molar-refractivity contribution in [1.29, 1.82) is 0 Å². The fourth-order valence-corrected chi connectivity index (χ4v) is 4.68. The standard InChI is InChI=1S/C25H23ClN4O7S/c1-4-13-36-25(33)16-5-9-18(10-6-16)30-23(31)20(26)21(24(30)32)27-17-7-11-19(12-8-17)38(34,35)29-22-14(2)15(3)28-37-22/h5-12,27,29H,4,13H2,1-3H3. The zero-order valence-electron chi connectivity index (χ0n) is 20.6. The number of aryl methyl sites for hydroxylation is 1. The van der Waals surface area contributed by atoms with Gasteiger partial charge in [0.15, 0.2) is 0 Å². The molecule has 0 aliphatic carbocycles. The van der Waals surface area contributed by atoms with Crippen LogP contribution in [0.5, 0.6) is 0 Å². The minimum Gasteiger partial charge on any atom is -0.462 e. The maximum atomic E-state index is 13.0. The van der Waals surface area contributed by atoms with E-state index in [0.29, 0.717) is 23.4 Å². The van der Waals surface area contributed by atoms with Gasteiger partial charge in [-0.3, -0.25) is 9.59 Å². The molecule has 198 valence electrons. The first-order chi connectivity index (χ1) is 18.0. The van der Waals surface area contributed by atoms with Crippen LogP contribution < -0.4 is 14.9 Å². The summed E-state index contributed by atoms with van der Waals surface area (Å²) >= 11 is 6.18. The fourth-order valence-electron chi connectivity index (χ4n) is 3.42. The van der Waals surface area contributed by atoms with E-state index < -0.39 is 27.8 Å². The number of benzene rings is 2. The molecule has 0 saturated heterocycles. The Kier molecular flexibility index (Phi) is 7.56. The summed E-state index contributed by atoms with van der Waals surface area (Å²) in [4.78, 5) is 38.6. The summed E-state index contributed by atoms with van der Waals surface area (Å²) in [5.74, 6) is -1.96. The highest BCUT2D eigenvalue weighted by atomic mass is 35.5. The Balaban J connectivity index is 1.48. The van der Waals surface area contributed by atoms with Gasteiger partial charge in [0.05, 0.1) is 28.4 Å². The lowest BCUT2D eigenvalue weighted by atomic mass is 10.2. The number of carbonyl (C=O) groups excluding carboxylic acids is 3. The number of ether oxygens (including phenoxy) is 1. The lowest BCUT2D eigenvalue weighted by Gasteiger charge is -2.15. The molecule has 2 aromatic carbocycles. The molecule has 2 amide bonds. The number of carbonyl (C=O) groups is 3. The Morgan fingerprint density at radius 1 is 1.05 bits per heavy atom. The van der Waals surface area contributed by atoms with Crippen molar-refractivity contribution in [1.82, 2.24) is 5.16 Å². The van der Waals surface area contributed by atoms with Crippen LogP contribution in [-0.2, 0) is 24.3 Å². The first-order valence-corrected chi connectivity index (χ1v) is 13.3. The third-order valence-electron chi connectivity index (χ3n) is 5.64. The highest BCUT2D eigenvalue weighted by molar-refractivity contribution is 7.92. The monoisotopic (exact) mass is 558 g/mol. The van der Waals surface area contributed by atoms with Crippen LogP contribution in [0, 0.1) is 13.8 Å². The molecule has 2 heterocycles. The summed E-state index contributed by atoms with van der Waals surface area (Å²) in [6, 6.07) is 11.2. The third-order valence-corrected chi connectivity index (χ3v) is 7.34. The molecular formula is C25H23ClN4O7S. The lowest BCUT2D eigenvalue weighted by molar-refractivity contribution is -0.120. The van der Waals surface area contributed by atoms with Crippen LogP contribution in [0.3, 0.4) is 0 Å². The van der Waals surface area contributed by atoms with E-state index >= 15 is 0 Å². The maximum absolute atomic E-state index is 13.0. The van der Waals surface area contributed by atoms with E-state index in [2.05, 4.69) is 15.2 Å². The molecule has 0 unspecified atom stereocenters. The average molecular weight is 559 g/mol. The number of hydrogen-bond donors (Lipinski definition) is 2. The van der Waals surface area contributed by atoms with E-state index in [9.17, 15) is 22.8 Å². The summed E-state index contributed by atoms with van der Waals surface area (Å²) in [6.45, 7) is 5.52. The normalized spacial score (nSPS) is 13.7. The van der Waals surface area contributed by atoms with Crippen molar-refractivity contribution in [2.75, 3.05) is 21.5 Å². The molecule has 2 N–H and O–H groups in total. The number of aromatic nitrogens is 1. The SMILES string of the molecule is CCCOC(=O)c1ccc(N2C(=O)C(Cl)=C(Nc3ccc(S(=O)(=O)Nc4onc(C)c4C)cc3)C2=O)cc1. The van der Waals surface area contributed by atoms with Gasteiger partial charge >= 0.3 is 5.97 Å².